The van der Waals surface area contributed by atoms with Crippen LogP contribution in [0.15, 0.2) is 18.2 Å². The van der Waals surface area contributed by atoms with E-state index >= 15 is 0 Å². The van der Waals surface area contributed by atoms with Crippen molar-refractivity contribution in [1.29, 1.82) is 0 Å². The molecule has 2 heteroatoms. The van der Waals surface area contributed by atoms with Gasteiger partial charge in [-0.15, -0.1) is 0 Å². The van der Waals surface area contributed by atoms with Gasteiger partial charge in [-0.05, 0) is 62.0 Å². The molecule has 0 amide bonds. The summed E-state index contributed by atoms with van der Waals surface area (Å²) in [6.45, 7) is 3.06. The Kier molecular flexibility index (Phi) is 2.55. The van der Waals surface area contributed by atoms with E-state index in [1.54, 1.807) is 12.1 Å². The van der Waals surface area contributed by atoms with Gasteiger partial charge in [0.15, 0.2) is 0 Å². The summed E-state index contributed by atoms with van der Waals surface area (Å²) >= 11 is 0. The monoisotopic (exact) mass is 193 g/mol. The van der Waals surface area contributed by atoms with Crippen LogP contribution in [0.4, 0.5) is 4.39 Å². The predicted molar refractivity (Wildman–Crippen MR) is 55.9 cm³/mol. The molecule has 1 saturated carbocycles. The second kappa shape index (κ2) is 3.70. The lowest BCUT2D eigenvalue weighted by molar-refractivity contribution is 0.625. The summed E-state index contributed by atoms with van der Waals surface area (Å²) in [6, 6.07) is 5.13. The topological polar surface area (TPSA) is 12.0 Å². The molecule has 76 valence electrons. The van der Waals surface area contributed by atoms with Crippen molar-refractivity contribution < 1.29 is 4.39 Å². The van der Waals surface area contributed by atoms with E-state index in [9.17, 15) is 4.39 Å². The van der Waals surface area contributed by atoms with E-state index in [2.05, 4.69) is 5.32 Å². The van der Waals surface area contributed by atoms with Crippen LogP contribution >= 0.6 is 0 Å². The normalized spacial score (nSPS) is 25.1. The Morgan fingerprint density at radius 1 is 1.50 bits per heavy atom. The Labute approximate surface area is 84.3 Å². The van der Waals surface area contributed by atoms with Crippen LogP contribution in [0.5, 0.6) is 0 Å². The van der Waals surface area contributed by atoms with Gasteiger partial charge in [0.1, 0.15) is 5.82 Å². The summed E-state index contributed by atoms with van der Waals surface area (Å²) in [4.78, 5) is 0. The maximum absolute atomic E-state index is 12.9. The van der Waals surface area contributed by atoms with Gasteiger partial charge in [0.25, 0.3) is 0 Å². The molecule has 0 unspecified atom stereocenters. The van der Waals surface area contributed by atoms with Crippen molar-refractivity contribution in [3.8, 4) is 0 Å². The van der Waals surface area contributed by atoms with Crippen molar-refractivity contribution in [1.82, 2.24) is 5.32 Å². The third-order valence-electron chi connectivity index (χ3n) is 3.02. The Morgan fingerprint density at radius 2 is 2.29 bits per heavy atom. The highest BCUT2D eigenvalue weighted by Gasteiger charge is 2.38. The standard InChI is InChI=1S/C12H16FN/c1-8-5-10(13)3-4-11(8)12-6-9(12)7-14-2/h3-5,9,12,14H,6-7H2,1-2H3/t9-,12+/m1/s1. The average Bonchev–Trinajstić information content (AvgIpc) is 2.84. The molecule has 2 rings (SSSR count). The van der Waals surface area contributed by atoms with Crippen LogP contribution in [-0.4, -0.2) is 13.6 Å². The fourth-order valence-corrected chi connectivity index (χ4v) is 2.17. The molecule has 0 aromatic heterocycles. The molecule has 0 radical (unpaired) electrons. The third-order valence-corrected chi connectivity index (χ3v) is 3.02. The SMILES string of the molecule is CNC[C@H]1C[C@@H]1c1ccc(F)cc1C. The highest BCUT2D eigenvalue weighted by atomic mass is 19.1. The van der Waals surface area contributed by atoms with Crippen LogP contribution in [0.25, 0.3) is 0 Å². The molecule has 1 aromatic carbocycles. The molecule has 1 nitrogen and oxygen atoms in total. The largest absolute Gasteiger partial charge is 0.319 e. The molecule has 1 fully saturated rings. The number of benzene rings is 1. The van der Waals surface area contributed by atoms with Gasteiger partial charge >= 0.3 is 0 Å². The number of nitrogens with one attached hydrogen (secondary N) is 1. The summed E-state index contributed by atoms with van der Waals surface area (Å²) in [5, 5.41) is 3.19. The van der Waals surface area contributed by atoms with Crippen LogP contribution < -0.4 is 5.32 Å². The first-order valence-corrected chi connectivity index (χ1v) is 5.13. The van der Waals surface area contributed by atoms with Gasteiger partial charge in [0.05, 0.1) is 0 Å². The Balaban J connectivity index is 2.11. The summed E-state index contributed by atoms with van der Waals surface area (Å²) in [7, 11) is 1.98. The molecule has 14 heavy (non-hydrogen) atoms. The van der Waals surface area contributed by atoms with Crippen molar-refractivity contribution in [3.05, 3.63) is 35.1 Å². The van der Waals surface area contributed by atoms with Crippen LogP contribution in [0, 0.1) is 18.7 Å². The summed E-state index contributed by atoms with van der Waals surface area (Å²) < 4.78 is 12.9. The van der Waals surface area contributed by atoms with Crippen LogP contribution in [0.2, 0.25) is 0 Å². The highest BCUT2D eigenvalue weighted by Crippen LogP contribution is 2.47. The Hall–Kier alpha value is -0.890. The smallest absolute Gasteiger partial charge is 0.123 e. The van der Waals surface area contributed by atoms with Gasteiger partial charge < -0.3 is 5.32 Å². The molecule has 0 bridgehead atoms. The van der Waals surface area contributed by atoms with Crippen molar-refractivity contribution in [2.45, 2.75) is 19.3 Å². The van der Waals surface area contributed by atoms with E-state index in [4.69, 9.17) is 0 Å². The Bertz CT molecular complexity index is 335. The molecule has 0 aliphatic heterocycles. The van der Waals surface area contributed by atoms with E-state index in [-0.39, 0.29) is 5.82 Å². The maximum Gasteiger partial charge on any atom is 0.123 e. The molecule has 1 aromatic rings. The zero-order chi connectivity index (χ0) is 10.1. The van der Waals surface area contributed by atoms with Gasteiger partial charge in [-0.2, -0.15) is 0 Å². The zero-order valence-electron chi connectivity index (χ0n) is 8.68. The van der Waals surface area contributed by atoms with E-state index in [1.165, 1.54) is 12.0 Å². The van der Waals surface area contributed by atoms with E-state index in [0.29, 0.717) is 5.92 Å². The molecule has 1 aliphatic rings. The fraction of sp³-hybridized carbons (Fsp3) is 0.500. The predicted octanol–water partition coefficient (Wildman–Crippen LogP) is 2.46. The molecule has 2 atom stereocenters. The first-order valence-electron chi connectivity index (χ1n) is 5.13. The minimum Gasteiger partial charge on any atom is -0.319 e. The second-order valence-corrected chi connectivity index (χ2v) is 4.16. The van der Waals surface area contributed by atoms with E-state index in [1.807, 2.05) is 20.0 Å². The van der Waals surface area contributed by atoms with Crippen molar-refractivity contribution in [2.24, 2.45) is 5.92 Å². The Morgan fingerprint density at radius 3 is 2.93 bits per heavy atom. The van der Waals surface area contributed by atoms with Crippen LogP contribution in [-0.2, 0) is 0 Å². The van der Waals surface area contributed by atoms with Crippen LogP contribution in [0.1, 0.15) is 23.5 Å². The van der Waals surface area contributed by atoms with Crippen LogP contribution in [0.3, 0.4) is 0 Å². The van der Waals surface area contributed by atoms with E-state index in [0.717, 1.165) is 18.0 Å². The first kappa shape index (κ1) is 9.66. The zero-order valence-corrected chi connectivity index (χ0v) is 8.68. The molecule has 0 heterocycles. The molecule has 1 N–H and O–H groups in total. The minimum atomic E-state index is -0.128. The van der Waals surface area contributed by atoms with E-state index < -0.39 is 0 Å². The van der Waals surface area contributed by atoms with Crippen molar-refractivity contribution in [2.75, 3.05) is 13.6 Å². The second-order valence-electron chi connectivity index (χ2n) is 4.16. The van der Waals surface area contributed by atoms with Gasteiger partial charge in [0.2, 0.25) is 0 Å². The first-order chi connectivity index (χ1) is 6.72. The highest BCUT2D eigenvalue weighted by molar-refractivity contribution is 5.34. The molecule has 0 spiro atoms. The molecular formula is C12H16FN. The maximum atomic E-state index is 12.9. The van der Waals surface area contributed by atoms with Gasteiger partial charge in [0, 0.05) is 0 Å². The quantitative estimate of drug-likeness (QED) is 0.777. The fourth-order valence-electron chi connectivity index (χ4n) is 2.17. The molecule has 0 saturated heterocycles. The lowest BCUT2D eigenvalue weighted by atomic mass is 10.0. The molecule has 1 aliphatic carbocycles. The third kappa shape index (κ3) is 1.80. The summed E-state index contributed by atoms with van der Waals surface area (Å²) in [5.41, 5.74) is 2.42. The molecular weight excluding hydrogens is 177 g/mol. The number of rotatable bonds is 3. The number of aryl methyl sites for hydroxylation is 1. The van der Waals surface area contributed by atoms with Gasteiger partial charge in [-0.3, -0.25) is 0 Å². The van der Waals surface area contributed by atoms with Crippen molar-refractivity contribution >= 4 is 0 Å². The number of hydrogen-bond donors (Lipinski definition) is 1. The van der Waals surface area contributed by atoms with Gasteiger partial charge in [-0.25, -0.2) is 4.39 Å². The summed E-state index contributed by atoms with van der Waals surface area (Å²) in [6.07, 6.45) is 1.24. The minimum absolute atomic E-state index is 0.128. The number of halogens is 1. The lowest BCUT2D eigenvalue weighted by Crippen LogP contribution is -2.10. The number of hydrogen-bond acceptors (Lipinski definition) is 1. The lowest BCUT2D eigenvalue weighted by Gasteiger charge is -2.04. The van der Waals surface area contributed by atoms with Crippen molar-refractivity contribution in [3.63, 3.8) is 0 Å². The summed E-state index contributed by atoms with van der Waals surface area (Å²) in [5.74, 6) is 1.28. The van der Waals surface area contributed by atoms with Gasteiger partial charge in [-0.1, -0.05) is 6.07 Å². The average molecular weight is 193 g/mol.